The zero-order valence-corrected chi connectivity index (χ0v) is 15.2. The molecule has 0 bridgehead atoms. The molecule has 1 fully saturated rings. The van der Waals surface area contributed by atoms with Crippen LogP contribution in [0, 0.1) is 0 Å². The van der Waals surface area contributed by atoms with Gasteiger partial charge in [-0.1, -0.05) is 0 Å². The summed E-state index contributed by atoms with van der Waals surface area (Å²) < 4.78 is 59.8. The van der Waals surface area contributed by atoms with Gasteiger partial charge in [-0.05, 0) is 18.6 Å². The highest BCUT2D eigenvalue weighted by Gasteiger charge is 2.36. The highest BCUT2D eigenvalue weighted by Crippen LogP contribution is 2.32. The first-order chi connectivity index (χ1) is 12.3. The number of sulfone groups is 1. The summed E-state index contributed by atoms with van der Waals surface area (Å²) in [6.07, 6.45) is 0.487. The Morgan fingerprint density at radius 2 is 2.19 bits per heavy atom. The van der Waals surface area contributed by atoms with E-state index in [1.54, 1.807) is 0 Å². The second kappa shape index (κ2) is 6.99. The van der Waals surface area contributed by atoms with Crippen LogP contribution in [0.5, 0.6) is 5.75 Å². The fraction of sp³-hybridized carbons (Fsp3) is 0.467. The Labute approximate surface area is 152 Å². The van der Waals surface area contributed by atoms with Gasteiger partial charge in [0, 0.05) is 6.54 Å². The number of ether oxygens (including phenoxy) is 2. The van der Waals surface area contributed by atoms with Gasteiger partial charge in [0.15, 0.2) is 15.6 Å². The molecule has 0 unspecified atom stereocenters. The average Bonchev–Trinajstić information content (AvgIpc) is 2.95. The molecule has 1 aliphatic heterocycles. The van der Waals surface area contributed by atoms with Gasteiger partial charge in [0.2, 0.25) is 0 Å². The van der Waals surface area contributed by atoms with Crippen LogP contribution >= 0.6 is 11.6 Å². The molecule has 11 heteroatoms. The molecule has 2 heterocycles. The Bertz CT molecular complexity index is 961. The van der Waals surface area contributed by atoms with Crippen LogP contribution in [0.1, 0.15) is 22.6 Å². The van der Waals surface area contributed by atoms with E-state index in [4.69, 9.17) is 11.6 Å². The van der Waals surface area contributed by atoms with Crippen LogP contribution in [-0.2, 0) is 27.0 Å². The smallest absolute Gasteiger partial charge is 0.387 e. The molecule has 7 nitrogen and oxygen atoms in total. The summed E-state index contributed by atoms with van der Waals surface area (Å²) in [7, 11) is -2.03. The van der Waals surface area contributed by atoms with Crippen molar-refractivity contribution in [2.45, 2.75) is 30.7 Å². The molecule has 3 rings (SSSR count). The maximum atomic E-state index is 12.7. The number of benzene rings is 1. The number of methoxy groups -OCH3 is 1. The van der Waals surface area contributed by atoms with E-state index in [0.717, 1.165) is 13.2 Å². The van der Waals surface area contributed by atoms with Crippen LogP contribution in [0.15, 0.2) is 12.1 Å². The summed E-state index contributed by atoms with van der Waals surface area (Å²) in [5, 5.41) is -0.608. The number of hydrogen-bond acceptors (Lipinski definition) is 6. The van der Waals surface area contributed by atoms with E-state index < -0.39 is 27.7 Å². The van der Waals surface area contributed by atoms with Crippen molar-refractivity contribution in [1.82, 2.24) is 9.55 Å². The molecule has 0 radical (unpaired) electrons. The summed E-state index contributed by atoms with van der Waals surface area (Å²) in [4.78, 5) is 16.1. The molecule has 0 amide bonds. The topological polar surface area (TPSA) is 87.5 Å². The number of nitrogens with zero attached hydrogens (tertiary/aromatic N) is 2. The van der Waals surface area contributed by atoms with Crippen molar-refractivity contribution in [3.05, 3.63) is 23.5 Å². The van der Waals surface area contributed by atoms with Crippen LogP contribution in [0.4, 0.5) is 8.78 Å². The summed E-state index contributed by atoms with van der Waals surface area (Å²) in [6, 6.07) is 2.50. The molecule has 1 aromatic heterocycles. The lowest BCUT2D eigenvalue weighted by Gasteiger charge is -2.27. The number of halogens is 3. The van der Waals surface area contributed by atoms with Gasteiger partial charge in [-0.25, -0.2) is 18.2 Å². The third kappa shape index (κ3) is 3.35. The second-order valence-electron chi connectivity index (χ2n) is 5.76. The van der Waals surface area contributed by atoms with E-state index in [2.05, 4.69) is 14.5 Å². The maximum absolute atomic E-state index is 12.7. The molecular weight excluding hydrogens is 394 g/mol. The first-order valence-corrected chi connectivity index (χ1v) is 9.85. The fourth-order valence-electron chi connectivity index (χ4n) is 2.85. The zero-order chi connectivity index (χ0) is 19.1. The number of carbonyl (C=O) groups excluding carboxylic acids is 1. The van der Waals surface area contributed by atoms with Gasteiger partial charge < -0.3 is 14.0 Å². The molecule has 0 spiro atoms. The van der Waals surface area contributed by atoms with Crippen LogP contribution in [0.3, 0.4) is 0 Å². The third-order valence-corrected chi connectivity index (χ3v) is 6.72. The van der Waals surface area contributed by atoms with Crippen molar-refractivity contribution < 1.29 is 31.5 Å². The minimum atomic E-state index is -3.19. The first-order valence-electron chi connectivity index (χ1n) is 7.60. The van der Waals surface area contributed by atoms with Gasteiger partial charge in [-0.15, -0.1) is 11.6 Å². The minimum Gasteiger partial charge on any atom is -0.465 e. The first kappa shape index (κ1) is 18.8. The van der Waals surface area contributed by atoms with Gasteiger partial charge in [0.05, 0.1) is 35.1 Å². The quantitative estimate of drug-likeness (QED) is 0.538. The fourth-order valence-corrected chi connectivity index (χ4v) is 4.39. The zero-order valence-electron chi connectivity index (χ0n) is 13.6. The number of esters is 1. The predicted molar refractivity (Wildman–Crippen MR) is 89.5 cm³/mol. The Morgan fingerprint density at radius 1 is 1.46 bits per heavy atom. The summed E-state index contributed by atoms with van der Waals surface area (Å²) in [5.41, 5.74) is 0.334. The van der Waals surface area contributed by atoms with E-state index in [0.29, 0.717) is 12.2 Å². The molecule has 1 atom stereocenters. The maximum Gasteiger partial charge on any atom is 0.387 e. The molecule has 1 saturated heterocycles. The summed E-state index contributed by atoms with van der Waals surface area (Å²) in [6.45, 7) is -3.05. The van der Waals surface area contributed by atoms with E-state index in [1.807, 2.05) is 0 Å². The van der Waals surface area contributed by atoms with Crippen molar-refractivity contribution in [3.8, 4) is 5.75 Å². The van der Waals surface area contributed by atoms with Crippen molar-refractivity contribution in [1.29, 1.82) is 0 Å². The third-order valence-electron chi connectivity index (χ3n) is 4.27. The van der Waals surface area contributed by atoms with E-state index in [1.165, 1.54) is 10.6 Å². The number of alkyl halides is 3. The van der Waals surface area contributed by atoms with Crippen molar-refractivity contribution in [2.75, 3.05) is 12.9 Å². The SMILES string of the molecule is COC(=O)c1cc(OC(F)F)c2nc(CCl)n(C[C@@H]3CCS3(=O)=O)c2c1. The standard InChI is InChI=1S/C15H15ClF2N2O5S/c1-24-14(21)8-4-10-13(11(5-8)25-15(17)18)19-12(6-16)20(10)7-9-2-3-26(9,22)23/h4-5,9,15H,2-3,6-7H2,1H3/t9-/m0/s1. The molecule has 0 N–H and O–H groups in total. The monoisotopic (exact) mass is 408 g/mol. The molecule has 2 aromatic rings. The Kier molecular flexibility index (Phi) is 5.07. The molecule has 0 aliphatic carbocycles. The summed E-state index contributed by atoms with van der Waals surface area (Å²) >= 11 is 5.89. The van der Waals surface area contributed by atoms with Gasteiger partial charge in [-0.3, -0.25) is 0 Å². The van der Waals surface area contributed by atoms with Crippen molar-refractivity contribution in [3.63, 3.8) is 0 Å². The number of fused-ring (bicyclic) bond motifs is 1. The normalized spacial score (nSPS) is 18.7. The van der Waals surface area contributed by atoms with Crippen LogP contribution in [0.2, 0.25) is 0 Å². The Hall–Kier alpha value is -1.94. The van der Waals surface area contributed by atoms with E-state index in [-0.39, 0.29) is 40.5 Å². The molecule has 1 aliphatic rings. The number of aromatic nitrogens is 2. The van der Waals surface area contributed by atoms with Gasteiger partial charge in [0.1, 0.15) is 11.3 Å². The average molecular weight is 409 g/mol. The van der Waals surface area contributed by atoms with Crippen LogP contribution < -0.4 is 4.74 Å². The van der Waals surface area contributed by atoms with Gasteiger partial charge in [0.25, 0.3) is 0 Å². The van der Waals surface area contributed by atoms with Crippen LogP contribution in [-0.4, -0.2) is 48.7 Å². The van der Waals surface area contributed by atoms with Crippen molar-refractivity contribution >= 4 is 38.4 Å². The van der Waals surface area contributed by atoms with Gasteiger partial charge >= 0.3 is 12.6 Å². The van der Waals surface area contributed by atoms with E-state index in [9.17, 15) is 22.0 Å². The lowest BCUT2D eigenvalue weighted by molar-refractivity contribution is -0.0489. The largest absolute Gasteiger partial charge is 0.465 e. The number of rotatable bonds is 6. The lowest BCUT2D eigenvalue weighted by Crippen LogP contribution is -2.40. The Morgan fingerprint density at radius 3 is 2.69 bits per heavy atom. The predicted octanol–water partition coefficient (Wildman–Crippen LogP) is 2.35. The second-order valence-corrected chi connectivity index (χ2v) is 8.43. The number of carbonyl (C=O) groups is 1. The van der Waals surface area contributed by atoms with Gasteiger partial charge in [-0.2, -0.15) is 8.78 Å². The number of imidazole rings is 1. The highest BCUT2D eigenvalue weighted by molar-refractivity contribution is 7.93. The Balaban J connectivity index is 2.17. The van der Waals surface area contributed by atoms with Crippen LogP contribution in [0.25, 0.3) is 11.0 Å². The summed E-state index contributed by atoms with van der Waals surface area (Å²) in [5.74, 6) is -0.719. The number of hydrogen-bond donors (Lipinski definition) is 0. The molecular formula is C15H15ClF2N2O5S. The molecule has 0 saturated carbocycles. The lowest BCUT2D eigenvalue weighted by atomic mass is 10.1. The van der Waals surface area contributed by atoms with Crippen molar-refractivity contribution in [2.24, 2.45) is 0 Å². The highest BCUT2D eigenvalue weighted by atomic mass is 35.5. The van der Waals surface area contributed by atoms with E-state index >= 15 is 0 Å². The minimum absolute atomic E-state index is 0.0191. The molecule has 1 aromatic carbocycles. The molecule has 142 valence electrons. The molecule has 26 heavy (non-hydrogen) atoms.